The Morgan fingerprint density at radius 1 is 1.16 bits per heavy atom. The zero-order valence-electron chi connectivity index (χ0n) is 10.1. The van der Waals surface area contributed by atoms with Crippen LogP contribution in [0, 0.1) is 0 Å². The lowest BCUT2D eigenvalue weighted by Gasteiger charge is -2.28. The van der Waals surface area contributed by atoms with Crippen molar-refractivity contribution < 1.29 is 9.59 Å². The molecule has 19 heavy (non-hydrogen) atoms. The number of nitrogens with zero attached hydrogens (tertiary/aromatic N) is 3. The molecule has 2 heterocycles. The van der Waals surface area contributed by atoms with Crippen molar-refractivity contribution >= 4 is 17.4 Å². The number of benzene rings is 1. The lowest BCUT2D eigenvalue weighted by molar-refractivity contribution is 0.0955. The first-order valence-corrected chi connectivity index (χ1v) is 5.96. The normalized spacial score (nSPS) is 14.1. The molecule has 1 aliphatic heterocycles. The molecular weight excluding hydrogens is 242 g/mol. The van der Waals surface area contributed by atoms with E-state index in [4.69, 9.17) is 0 Å². The summed E-state index contributed by atoms with van der Waals surface area (Å²) in [7, 11) is 0. The smallest absolute Gasteiger partial charge is 0.261 e. The number of rotatable bonds is 1. The molecule has 0 bridgehead atoms. The van der Waals surface area contributed by atoms with E-state index in [0.29, 0.717) is 29.8 Å². The van der Waals surface area contributed by atoms with E-state index in [-0.39, 0.29) is 11.7 Å². The molecule has 0 fully saturated rings. The maximum absolute atomic E-state index is 12.4. The quantitative estimate of drug-likeness (QED) is 0.776. The van der Waals surface area contributed by atoms with Gasteiger partial charge in [0.05, 0.1) is 11.3 Å². The van der Waals surface area contributed by atoms with Crippen molar-refractivity contribution in [2.24, 2.45) is 0 Å². The summed E-state index contributed by atoms with van der Waals surface area (Å²) in [5.41, 5.74) is 1.68. The van der Waals surface area contributed by atoms with Crippen LogP contribution in [-0.2, 0) is 0 Å². The zero-order chi connectivity index (χ0) is 13.2. The van der Waals surface area contributed by atoms with E-state index in [0.717, 1.165) is 0 Å². The molecule has 94 valence electrons. The summed E-state index contributed by atoms with van der Waals surface area (Å²) < 4.78 is 0. The second kappa shape index (κ2) is 4.61. The first-order valence-electron chi connectivity index (χ1n) is 5.96. The molecule has 1 amide bonds. The fourth-order valence-corrected chi connectivity index (χ4v) is 2.19. The van der Waals surface area contributed by atoms with Crippen molar-refractivity contribution in [1.29, 1.82) is 0 Å². The number of para-hydroxylation sites is 1. The number of hydrogen-bond donors (Lipinski definition) is 0. The van der Waals surface area contributed by atoms with E-state index in [1.165, 1.54) is 18.7 Å². The highest BCUT2D eigenvalue weighted by molar-refractivity contribution is 6.13. The third-order valence-electron chi connectivity index (χ3n) is 3.11. The number of Topliss-reactive ketones (excluding diaryl/α,β-unsaturated/α-hetero) is 1. The number of aromatic nitrogens is 2. The highest BCUT2D eigenvalue weighted by atomic mass is 16.2. The minimum atomic E-state index is -0.180. The van der Waals surface area contributed by atoms with Crippen LogP contribution in [0.15, 0.2) is 43.0 Å². The molecule has 1 aromatic heterocycles. The predicted molar refractivity (Wildman–Crippen MR) is 69.1 cm³/mol. The van der Waals surface area contributed by atoms with Crippen molar-refractivity contribution in [1.82, 2.24) is 9.97 Å². The van der Waals surface area contributed by atoms with Crippen molar-refractivity contribution in [3.63, 3.8) is 0 Å². The van der Waals surface area contributed by atoms with Gasteiger partial charge in [0, 0.05) is 30.9 Å². The van der Waals surface area contributed by atoms with Crippen molar-refractivity contribution in [2.75, 3.05) is 11.4 Å². The van der Waals surface area contributed by atoms with Gasteiger partial charge in [-0.3, -0.25) is 9.59 Å². The number of carbonyl (C=O) groups excluding carboxylic acids is 2. The Morgan fingerprint density at radius 3 is 2.68 bits per heavy atom. The number of anilines is 1. The first-order chi connectivity index (χ1) is 9.27. The van der Waals surface area contributed by atoms with Crippen LogP contribution in [0.3, 0.4) is 0 Å². The molecule has 0 aliphatic carbocycles. The van der Waals surface area contributed by atoms with Gasteiger partial charge in [-0.2, -0.15) is 0 Å². The van der Waals surface area contributed by atoms with Gasteiger partial charge in [-0.1, -0.05) is 12.1 Å². The Kier molecular flexibility index (Phi) is 2.79. The predicted octanol–water partition coefficient (Wildman–Crippen LogP) is 1.71. The highest BCUT2D eigenvalue weighted by Crippen LogP contribution is 2.27. The molecule has 0 N–H and O–H groups in total. The summed E-state index contributed by atoms with van der Waals surface area (Å²) in [6.07, 6.45) is 4.68. The van der Waals surface area contributed by atoms with E-state index in [1.807, 2.05) is 6.07 Å². The van der Waals surface area contributed by atoms with E-state index in [9.17, 15) is 9.59 Å². The maximum Gasteiger partial charge on any atom is 0.261 e. The molecule has 3 rings (SSSR count). The van der Waals surface area contributed by atoms with Crippen LogP contribution in [0.25, 0.3) is 0 Å². The van der Waals surface area contributed by atoms with Gasteiger partial charge in [0.25, 0.3) is 5.91 Å². The number of fused-ring (bicyclic) bond motifs is 1. The second-order valence-corrected chi connectivity index (χ2v) is 4.27. The van der Waals surface area contributed by atoms with E-state index < -0.39 is 0 Å². The monoisotopic (exact) mass is 253 g/mol. The van der Waals surface area contributed by atoms with Gasteiger partial charge >= 0.3 is 0 Å². The summed E-state index contributed by atoms with van der Waals surface area (Å²) in [5, 5.41) is 0. The molecule has 0 radical (unpaired) electrons. The summed E-state index contributed by atoms with van der Waals surface area (Å²) in [6, 6.07) is 7.15. The van der Waals surface area contributed by atoms with Crippen LogP contribution < -0.4 is 4.90 Å². The average Bonchev–Trinajstić information content (AvgIpc) is 2.48. The van der Waals surface area contributed by atoms with Crippen LogP contribution in [-0.4, -0.2) is 28.2 Å². The van der Waals surface area contributed by atoms with E-state index >= 15 is 0 Å². The van der Waals surface area contributed by atoms with E-state index in [1.54, 1.807) is 23.1 Å². The average molecular weight is 253 g/mol. The fraction of sp³-hybridized carbons (Fsp3) is 0.143. The molecule has 0 saturated heterocycles. The number of amides is 1. The number of ketones is 1. The Morgan fingerprint density at radius 2 is 1.89 bits per heavy atom. The largest absolute Gasteiger partial charge is 0.307 e. The van der Waals surface area contributed by atoms with Gasteiger partial charge in [-0.05, 0) is 12.1 Å². The van der Waals surface area contributed by atoms with Gasteiger partial charge in [-0.25, -0.2) is 9.97 Å². The number of hydrogen-bond acceptors (Lipinski definition) is 4. The summed E-state index contributed by atoms with van der Waals surface area (Å²) in [6.45, 7) is 0.392. The first kappa shape index (κ1) is 11.5. The third-order valence-corrected chi connectivity index (χ3v) is 3.11. The molecule has 5 nitrogen and oxygen atoms in total. The maximum atomic E-state index is 12.4. The molecule has 5 heteroatoms. The molecule has 0 saturated carbocycles. The van der Waals surface area contributed by atoms with Crippen LogP contribution in [0.1, 0.15) is 27.1 Å². The standard InChI is InChI=1S/C14H11N3O2/c18-13-5-6-17(12-4-2-1-3-11(12)13)14(19)10-7-15-9-16-8-10/h1-4,7-9H,5-6H2. The van der Waals surface area contributed by atoms with Crippen molar-refractivity contribution in [3.8, 4) is 0 Å². The zero-order valence-corrected chi connectivity index (χ0v) is 10.1. The van der Waals surface area contributed by atoms with Gasteiger partial charge in [-0.15, -0.1) is 0 Å². The molecule has 2 aromatic rings. The Hall–Kier alpha value is -2.56. The van der Waals surface area contributed by atoms with Crippen molar-refractivity contribution in [3.05, 3.63) is 54.1 Å². The van der Waals surface area contributed by atoms with Crippen LogP contribution in [0.4, 0.5) is 5.69 Å². The minimum absolute atomic E-state index is 0.0731. The Balaban J connectivity index is 2.02. The second-order valence-electron chi connectivity index (χ2n) is 4.27. The van der Waals surface area contributed by atoms with Gasteiger partial charge in [0.15, 0.2) is 5.78 Å². The topological polar surface area (TPSA) is 63.2 Å². The lowest BCUT2D eigenvalue weighted by Crippen LogP contribution is -2.37. The highest BCUT2D eigenvalue weighted by Gasteiger charge is 2.27. The van der Waals surface area contributed by atoms with Crippen LogP contribution in [0.2, 0.25) is 0 Å². The SMILES string of the molecule is O=C1CCN(C(=O)c2cncnc2)c2ccccc21. The molecule has 0 unspecified atom stereocenters. The van der Waals surface area contributed by atoms with Gasteiger partial charge in [0.1, 0.15) is 6.33 Å². The van der Waals surface area contributed by atoms with Gasteiger partial charge in [0.2, 0.25) is 0 Å². The molecule has 0 atom stereocenters. The molecule has 0 spiro atoms. The Bertz CT molecular complexity index is 640. The molecule has 1 aliphatic rings. The van der Waals surface area contributed by atoms with Gasteiger partial charge < -0.3 is 4.90 Å². The fourth-order valence-electron chi connectivity index (χ4n) is 2.19. The van der Waals surface area contributed by atoms with Crippen molar-refractivity contribution in [2.45, 2.75) is 6.42 Å². The third kappa shape index (κ3) is 1.99. The van der Waals surface area contributed by atoms with E-state index in [2.05, 4.69) is 9.97 Å². The summed E-state index contributed by atoms with van der Waals surface area (Å²) >= 11 is 0. The Labute approximate surface area is 109 Å². The minimum Gasteiger partial charge on any atom is -0.307 e. The lowest BCUT2D eigenvalue weighted by atomic mass is 10.00. The molecule has 1 aromatic carbocycles. The summed E-state index contributed by atoms with van der Waals surface area (Å²) in [5.74, 6) is -0.107. The summed E-state index contributed by atoms with van der Waals surface area (Å²) in [4.78, 5) is 33.5. The van der Waals surface area contributed by atoms with Crippen LogP contribution >= 0.6 is 0 Å². The molecular formula is C14H11N3O2. The van der Waals surface area contributed by atoms with Crippen LogP contribution in [0.5, 0.6) is 0 Å². The number of carbonyl (C=O) groups is 2.